The van der Waals surface area contributed by atoms with Crippen molar-refractivity contribution in [3.63, 3.8) is 0 Å². The van der Waals surface area contributed by atoms with Gasteiger partial charge in [-0.25, -0.2) is 0 Å². The number of methoxy groups -OCH3 is 1. The van der Waals surface area contributed by atoms with E-state index in [0.29, 0.717) is 0 Å². The van der Waals surface area contributed by atoms with Crippen LogP contribution in [0.1, 0.15) is 17.5 Å². The van der Waals surface area contributed by atoms with Crippen molar-refractivity contribution in [1.82, 2.24) is 10.6 Å². The van der Waals surface area contributed by atoms with Gasteiger partial charge >= 0.3 is 0 Å². The lowest BCUT2D eigenvalue weighted by atomic mass is 10.1. The third-order valence-corrected chi connectivity index (χ3v) is 4.24. The van der Waals surface area contributed by atoms with Crippen molar-refractivity contribution in [2.24, 2.45) is 4.99 Å². The van der Waals surface area contributed by atoms with Crippen molar-refractivity contribution < 1.29 is 9.47 Å². The molecule has 0 unspecified atom stereocenters. The Morgan fingerprint density at radius 2 is 1.61 bits per heavy atom. The summed E-state index contributed by atoms with van der Waals surface area (Å²) in [6.45, 7) is 3.14. The molecule has 2 rings (SSSR count). The molecule has 2 aromatic carbocycles. The summed E-state index contributed by atoms with van der Waals surface area (Å²) in [5, 5.41) is 6.66. The number of aliphatic imine (C=N–C) groups is 1. The summed E-state index contributed by atoms with van der Waals surface area (Å²) in [6, 6.07) is 18.5. The number of hydrogen-bond acceptors (Lipinski definition) is 3. The molecule has 0 amide bonds. The smallest absolute Gasteiger partial charge is 0.190 e. The standard InChI is InChI=1S/C22H31N3O2.HI/c1-23-22(25-16-13-20-11-6-7-12-21(20)26-2)24-15-8-17-27-18-14-19-9-4-3-5-10-19;/h3-7,9-12H,8,13-18H2,1-2H3,(H2,23,24,25);1H. The van der Waals surface area contributed by atoms with E-state index in [9.17, 15) is 0 Å². The second-order valence-electron chi connectivity index (χ2n) is 6.19. The molecule has 0 radical (unpaired) electrons. The molecule has 0 fully saturated rings. The van der Waals surface area contributed by atoms with Gasteiger partial charge in [-0.05, 0) is 36.5 Å². The van der Waals surface area contributed by atoms with Crippen LogP contribution in [0.2, 0.25) is 0 Å². The number of rotatable bonds is 11. The number of para-hydroxylation sites is 1. The van der Waals surface area contributed by atoms with Crippen molar-refractivity contribution >= 4 is 29.9 Å². The maximum Gasteiger partial charge on any atom is 0.190 e. The molecular weight excluding hydrogens is 465 g/mol. The Bertz CT molecular complexity index is 680. The maximum atomic E-state index is 5.70. The highest BCUT2D eigenvalue weighted by Gasteiger charge is 2.02. The Labute approximate surface area is 186 Å². The fourth-order valence-electron chi connectivity index (χ4n) is 2.76. The monoisotopic (exact) mass is 497 g/mol. The van der Waals surface area contributed by atoms with Crippen LogP contribution >= 0.6 is 24.0 Å². The summed E-state index contributed by atoms with van der Waals surface area (Å²) in [5.41, 5.74) is 2.50. The molecule has 154 valence electrons. The molecule has 0 atom stereocenters. The van der Waals surface area contributed by atoms with Gasteiger partial charge in [-0.3, -0.25) is 4.99 Å². The van der Waals surface area contributed by atoms with Crippen LogP contribution in [0.3, 0.4) is 0 Å². The van der Waals surface area contributed by atoms with E-state index >= 15 is 0 Å². The van der Waals surface area contributed by atoms with Gasteiger partial charge in [-0.1, -0.05) is 48.5 Å². The summed E-state index contributed by atoms with van der Waals surface area (Å²) < 4.78 is 11.1. The molecule has 28 heavy (non-hydrogen) atoms. The number of halogens is 1. The number of guanidine groups is 1. The van der Waals surface area contributed by atoms with Crippen molar-refractivity contribution in [3.05, 3.63) is 65.7 Å². The van der Waals surface area contributed by atoms with Gasteiger partial charge in [-0.2, -0.15) is 0 Å². The van der Waals surface area contributed by atoms with Crippen molar-refractivity contribution in [2.45, 2.75) is 19.3 Å². The van der Waals surface area contributed by atoms with Crippen molar-refractivity contribution in [2.75, 3.05) is 40.5 Å². The lowest BCUT2D eigenvalue weighted by Gasteiger charge is -2.13. The van der Waals surface area contributed by atoms with Crippen LogP contribution in [-0.4, -0.2) is 46.4 Å². The van der Waals surface area contributed by atoms with Gasteiger partial charge in [0.2, 0.25) is 0 Å². The molecule has 0 heterocycles. The van der Waals surface area contributed by atoms with E-state index < -0.39 is 0 Å². The van der Waals surface area contributed by atoms with Gasteiger partial charge in [0, 0.05) is 26.7 Å². The second-order valence-corrected chi connectivity index (χ2v) is 6.19. The van der Waals surface area contributed by atoms with Gasteiger partial charge in [0.05, 0.1) is 13.7 Å². The average Bonchev–Trinajstić information content (AvgIpc) is 2.72. The minimum absolute atomic E-state index is 0. The molecule has 2 aromatic rings. The molecule has 0 saturated heterocycles. The zero-order valence-corrected chi connectivity index (χ0v) is 19.1. The van der Waals surface area contributed by atoms with E-state index in [2.05, 4.69) is 46.0 Å². The number of hydrogen-bond donors (Lipinski definition) is 2. The largest absolute Gasteiger partial charge is 0.496 e. The van der Waals surface area contributed by atoms with Gasteiger partial charge in [0.1, 0.15) is 5.75 Å². The summed E-state index contributed by atoms with van der Waals surface area (Å²) in [5.74, 6) is 1.74. The topological polar surface area (TPSA) is 54.9 Å². The first-order valence-electron chi connectivity index (χ1n) is 9.51. The quantitative estimate of drug-likeness (QED) is 0.215. The van der Waals surface area contributed by atoms with Crippen LogP contribution in [0.5, 0.6) is 5.75 Å². The van der Waals surface area contributed by atoms with Crippen LogP contribution in [0.25, 0.3) is 0 Å². The number of nitrogens with one attached hydrogen (secondary N) is 2. The normalized spacial score (nSPS) is 10.9. The molecule has 0 aliphatic carbocycles. The highest BCUT2D eigenvalue weighted by atomic mass is 127. The fraction of sp³-hybridized carbons (Fsp3) is 0.409. The molecule has 5 nitrogen and oxygen atoms in total. The molecule has 6 heteroatoms. The van der Waals surface area contributed by atoms with Crippen LogP contribution in [-0.2, 0) is 17.6 Å². The Morgan fingerprint density at radius 3 is 2.36 bits per heavy atom. The minimum atomic E-state index is 0. The molecule has 0 saturated carbocycles. The lowest BCUT2D eigenvalue weighted by Crippen LogP contribution is -2.39. The van der Waals surface area contributed by atoms with E-state index in [1.54, 1.807) is 14.2 Å². The van der Waals surface area contributed by atoms with E-state index in [1.165, 1.54) is 11.1 Å². The van der Waals surface area contributed by atoms with Crippen molar-refractivity contribution in [3.8, 4) is 5.75 Å². The Hall–Kier alpha value is -1.80. The summed E-state index contributed by atoms with van der Waals surface area (Å²) in [4.78, 5) is 4.26. The molecule has 0 aromatic heterocycles. The summed E-state index contributed by atoms with van der Waals surface area (Å²) in [7, 11) is 3.49. The molecule has 0 spiro atoms. The minimum Gasteiger partial charge on any atom is -0.496 e. The van der Waals surface area contributed by atoms with Crippen LogP contribution in [0.4, 0.5) is 0 Å². The molecule has 0 bridgehead atoms. The number of ether oxygens (including phenoxy) is 2. The Kier molecular flexibility index (Phi) is 13.1. The van der Waals surface area contributed by atoms with Crippen LogP contribution in [0.15, 0.2) is 59.6 Å². The molecular formula is C22H32IN3O2. The van der Waals surface area contributed by atoms with Crippen molar-refractivity contribution in [1.29, 1.82) is 0 Å². The SMILES string of the molecule is CN=C(NCCCOCCc1ccccc1)NCCc1ccccc1OC.I. The zero-order valence-electron chi connectivity index (χ0n) is 16.8. The highest BCUT2D eigenvalue weighted by Crippen LogP contribution is 2.17. The predicted molar refractivity (Wildman–Crippen MR) is 127 cm³/mol. The second kappa shape index (κ2) is 15.2. The predicted octanol–water partition coefficient (Wildman–Crippen LogP) is 3.67. The Morgan fingerprint density at radius 1 is 0.893 bits per heavy atom. The number of nitrogens with zero attached hydrogens (tertiary/aromatic N) is 1. The van der Waals surface area contributed by atoms with E-state index in [4.69, 9.17) is 9.47 Å². The zero-order chi connectivity index (χ0) is 19.2. The van der Waals surface area contributed by atoms with Gasteiger partial charge in [0.25, 0.3) is 0 Å². The van der Waals surface area contributed by atoms with E-state index in [-0.39, 0.29) is 24.0 Å². The average molecular weight is 497 g/mol. The lowest BCUT2D eigenvalue weighted by molar-refractivity contribution is 0.135. The highest BCUT2D eigenvalue weighted by molar-refractivity contribution is 14.0. The fourth-order valence-corrected chi connectivity index (χ4v) is 2.76. The molecule has 0 aliphatic heterocycles. The first-order chi connectivity index (χ1) is 13.3. The third-order valence-electron chi connectivity index (χ3n) is 4.24. The number of benzene rings is 2. The van der Waals surface area contributed by atoms with Gasteiger partial charge < -0.3 is 20.1 Å². The van der Waals surface area contributed by atoms with E-state index in [0.717, 1.165) is 57.3 Å². The first-order valence-corrected chi connectivity index (χ1v) is 9.51. The summed E-state index contributed by atoms with van der Waals surface area (Å²) >= 11 is 0. The first kappa shape index (κ1) is 24.2. The Balaban J connectivity index is 0.00000392. The summed E-state index contributed by atoms with van der Waals surface area (Å²) in [6.07, 6.45) is 2.79. The van der Waals surface area contributed by atoms with Gasteiger partial charge in [-0.15, -0.1) is 24.0 Å². The molecule has 0 aliphatic rings. The van der Waals surface area contributed by atoms with Crippen LogP contribution < -0.4 is 15.4 Å². The van der Waals surface area contributed by atoms with E-state index in [1.807, 2.05) is 24.3 Å². The van der Waals surface area contributed by atoms with Gasteiger partial charge in [0.15, 0.2) is 5.96 Å². The maximum absolute atomic E-state index is 5.70. The third kappa shape index (κ3) is 9.41. The molecule has 2 N–H and O–H groups in total. The van der Waals surface area contributed by atoms with Crippen LogP contribution in [0, 0.1) is 0 Å².